The van der Waals surface area contributed by atoms with Crippen molar-refractivity contribution in [2.45, 2.75) is 48.8 Å². The van der Waals surface area contributed by atoms with Crippen molar-refractivity contribution in [1.29, 1.82) is 0 Å². The Bertz CT molecular complexity index is 1000. The molecule has 1 N–H and O–H groups in total. The Labute approximate surface area is 184 Å². The van der Waals surface area contributed by atoms with Crippen molar-refractivity contribution in [2.75, 3.05) is 30.3 Å². The highest BCUT2D eigenvalue weighted by Crippen LogP contribution is 2.57. The summed E-state index contributed by atoms with van der Waals surface area (Å²) in [7, 11) is -1.05. The number of anilines is 1. The molecule has 3 fully saturated rings. The molecule has 2 atom stereocenters. The zero-order valence-electron chi connectivity index (χ0n) is 16.9. The number of fused-ring (bicyclic) bond motifs is 1. The predicted octanol–water partition coefficient (Wildman–Crippen LogP) is 3.88. The van der Waals surface area contributed by atoms with Gasteiger partial charge in [0.1, 0.15) is 0 Å². The van der Waals surface area contributed by atoms with Gasteiger partial charge in [-0.1, -0.05) is 30.2 Å². The largest absolute Gasteiger partial charge is 0.396 e. The van der Waals surface area contributed by atoms with Crippen LogP contribution in [0.15, 0.2) is 35.4 Å². The van der Waals surface area contributed by atoms with Gasteiger partial charge in [-0.25, -0.2) is 9.97 Å². The van der Waals surface area contributed by atoms with Gasteiger partial charge in [0, 0.05) is 53.4 Å². The van der Waals surface area contributed by atoms with Gasteiger partial charge in [0.05, 0.1) is 21.4 Å². The van der Waals surface area contributed by atoms with E-state index in [-0.39, 0.29) is 17.9 Å². The Hall–Kier alpha value is -1.50. The number of aliphatic hydroxyl groups excluding tert-OH is 1. The minimum Gasteiger partial charge on any atom is -0.396 e. The number of aromatic nitrogens is 2. The second kappa shape index (κ2) is 6.75. The summed E-state index contributed by atoms with van der Waals surface area (Å²) in [6.45, 7) is 2.15. The highest BCUT2D eigenvalue weighted by molar-refractivity contribution is 7.85. The molecule has 7 heteroatoms. The maximum Gasteiger partial charge on any atom is 0.225 e. The number of hydrogen-bond acceptors (Lipinski definition) is 5. The quantitative estimate of drug-likeness (QED) is 0.776. The van der Waals surface area contributed by atoms with Crippen molar-refractivity contribution in [1.82, 2.24) is 9.97 Å². The summed E-state index contributed by atoms with van der Waals surface area (Å²) in [4.78, 5) is 12.5. The molecule has 4 aliphatic rings. The van der Waals surface area contributed by atoms with Gasteiger partial charge in [-0.2, -0.15) is 0 Å². The molecule has 0 radical (unpaired) electrons. The first-order chi connectivity index (χ1) is 14.5. The summed E-state index contributed by atoms with van der Waals surface area (Å²) in [5.74, 6) is 2.08. The number of halogens is 1. The van der Waals surface area contributed by atoms with Gasteiger partial charge >= 0.3 is 0 Å². The molecule has 2 aliphatic heterocycles. The fourth-order valence-corrected chi connectivity index (χ4v) is 7.82. The van der Waals surface area contributed by atoms with Gasteiger partial charge in [0.2, 0.25) is 5.95 Å². The minimum absolute atomic E-state index is 0.0991. The van der Waals surface area contributed by atoms with Crippen molar-refractivity contribution in [3.8, 4) is 0 Å². The average molecular weight is 444 g/mol. The molecule has 1 aromatic carbocycles. The van der Waals surface area contributed by atoms with Crippen molar-refractivity contribution in [3.63, 3.8) is 0 Å². The second-order valence-corrected chi connectivity index (χ2v) is 11.8. The van der Waals surface area contributed by atoms with E-state index in [1.807, 2.05) is 12.1 Å². The molecule has 1 saturated heterocycles. The summed E-state index contributed by atoms with van der Waals surface area (Å²) >= 11 is 6.02. The summed E-state index contributed by atoms with van der Waals surface area (Å²) in [6.07, 6.45) is 7.33. The van der Waals surface area contributed by atoms with Gasteiger partial charge in [-0.05, 0) is 49.3 Å². The Kier molecular flexibility index (Phi) is 4.32. The molecule has 1 spiro atoms. The van der Waals surface area contributed by atoms with Crippen molar-refractivity contribution in [3.05, 3.63) is 46.7 Å². The lowest BCUT2D eigenvalue weighted by atomic mass is 9.56. The van der Waals surface area contributed by atoms with Crippen LogP contribution in [0.2, 0.25) is 5.02 Å². The first-order valence-corrected chi connectivity index (χ1v) is 12.6. The molecule has 0 bridgehead atoms. The van der Waals surface area contributed by atoms with Gasteiger partial charge in [-0.15, -0.1) is 0 Å². The third-order valence-electron chi connectivity index (χ3n) is 8.10. The van der Waals surface area contributed by atoms with E-state index in [0.717, 1.165) is 53.9 Å². The number of benzene rings is 1. The van der Waals surface area contributed by atoms with Gasteiger partial charge < -0.3 is 10.0 Å². The number of rotatable bonds is 4. The standard InChI is InChI=1S/C23H26ClN3O2S/c24-17-4-2-15(3-5-17)16-8-22(9-16)12-27(13-22)21-25-10-19-20(26-21)18(11-30(19)29)23(14-28)6-1-7-23/h2-5,10,16,18,28H,1,6-9,11-14H2/t18?,30-/m1/s1. The molecule has 1 aromatic heterocycles. The van der Waals surface area contributed by atoms with Crippen LogP contribution in [0.3, 0.4) is 0 Å². The first kappa shape index (κ1) is 19.2. The fourth-order valence-electron chi connectivity index (χ4n) is 6.11. The predicted molar refractivity (Wildman–Crippen MR) is 117 cm³/mol. The van der Waals surface area contributed by atoms with Gasteiger partial charge in [0.15, 0.2) is 0 Å². The Morgan fingerprint density at radius 1 is 1.20 bits per heavy atom. The van der Waals surface area contributed by atoms with Crippen LogP contribution in [0.1, 0.15) is 55.2 Å². The third-order valence-corrected chi connectivity index (χ3v) is 9.80. The van der Waals surface area contributed by atoms with Gasteiger partial charge in [-0.3, -0.25) is 4.21 Å². The van der Waals surface area contributed by atoms with Crippen LogP contribution in [0.5, 0.6) is 0 Å². The molecular formula is C23H26ClN3O2S. The lowest BCUT2D eigenvalue weighted by Crippen LogP contribution is -2.62. The monoisotopic (exact) mass is 443 g/mol. The van der Waals surface area contributed by atoms with Crippen molar-refractivity contribution < 1.29 is 9.32 Å². The second-order valence-electron chi connectivity index (χ2n) is 9.87. The van der Waals surface area contributed by atoms with E-state index in [4.69, 9.17) is 16.6 Å². The SMILES string of the molecule is O=[S@@]1CC(C2(CO)CCC2)c2nc(N3CC4(CC(c5ccc(Cl)cc5)C4)C3)ncc21. The molecular weight excluding hydrogens is 418 g/mol. The Morgan fingerprint density at radius 2 is 1.93 bits per heavy atom. The first-order valence-electron chi connectivity index (χ1n) is 10.9. The molecule has 30 heavy (non-hydrogen) atoms. The van der Waals surface area contributed by atoms with E-state index >= 15 is 0 Å². The van der Waals surface area contributed by atoms with E-state index in [0.29, 0.717) is 17.1 Å². The van der Waals surface area contributed by atoms with E-state index in [1.165, 1.54) is 18.4 Å². The third kappa shape index (κ3) is 2.80. The van der Waals surface area contributed by atoms with E-state index in [9.17, 15) is 9.32 Å². The molecule has 1 unspecified atom stereocenters. The topological polar surface area (TPSA) is 66.3 Å². The zero-order chi connectivity index (χ0) is 20.5. The highest BCUT2D eigenvalue weighted by atomic mass is 35.5. The molecule has 5 nitrogen and oxygen atoms in total. The molecule has 2 aliphatic carbocycles. The van der Waals surface area contributed by atoms with Crippen LogP contribution in [0.4, 0.5) is 5.95 Å². The minimum atomic E-state index is -1.05. The number of nitrogens with zero attached hydrogens (tertiary/aromatic N) is 3. The Morgan fingerprint density at radius 3 is 2.57 bits per heavy atom. The molecule has 2 saturated carbocycles. The molecule has 3 heterocycles. The molecule has 158 valence electrons. The lowest BCUT2D eigenvalue weighted by molar-refractivity contribution is 0.0225. The van der Waals surface area contributed by atoms with Crippen molar-refractivity contribution in [2.24, 2.45) is 10.8 Å². The van der Waals surface area contributed by atoms with E-state index in [2.05, 4.69) is 22.0 Å². The smallest absolute Gasteiger partial charge is 0.225 e. The summed E-state index contributed by atoms with van der Waals surface area (Å²) in [5, 5.41) is 10.8. The van der Waals surface area contributed by atoms with Gasteiger partial charge in [0.25, 0.3) is 0 Å². The lowest BCUT2D eigenvalue weighted by Gasteiger charge is -2.59. The van der Waals surface area contributed by atoms with E-state index < -0.39 is 10.8 Å². The number of hydrogen-bond donors (Lipinski definition) is 1. The zero-order valence-corrected chi connectivity index (χ0v) is 18.5. The van der Waals surface area contributed by atoms with Crippen LogP contribution in [-0.2, 0) is 10.8 Å². The van der Waals surface area contributed by atoms with Crippen molar-refractivity contribution >= 4 is 28.3 Å². The summed E-state index contributed by atoms with van der Waals surface area (Å²) in [6, 6.07) is 8.26. The maximum atomic E-state index is 12.6. The van der Waals surface area contributed by atoms with E-state index in [1.54, 1.807) is 6.20 Å². The van der Waals surface area contributed by atoms with Crippen LogP contribution in [-0.4, -0.2) is 44.7 Å². The van der Waals surface area contributed by atoms with Crippen LogP contribution >= 0.6 is 11.6 Å². The molecule has 6 rings (SSSR count). The summed E-state index contributed by atoms with van der Waals surface area (Å²) in [5.41, 5.74) is 2.58. The summed E-state index contributed by atoms with van der Waals surface area (Å²) < 4.78 is 12.6. The Balaban J connectivity index is 1.16. The van der Waals surface area contributed by atoms with Crippen LogP contribution in [0.25, 0.3) is 0 Å². The number of aliphatic hydroxyl groups is 1. The molecule has 2 aromatic rings. The van der Waals surface area contributed by atoms with Crippen LogP contribution < -0.4 is 4.90 Å². The molecule has 0 amide bonds. The normalized spacial score (nSPS) is 28.5. The average Bonchev–Trinajstić information content (AvgIpc) is 2.97. The fraction of sp³-hybridized carbons (Fsp3) is 0.565. The van der Waals surface area contributed by atoms with Crippen LogP contribution in [0, 0.1) is 10.8 Å². The highest BCUT2D eigenvalue weighted by Gasteiger charge is 2.54. The maximum absolute atomic E-state index is 12.6.